The van der Waals surface area contributed by atoms with Crippen molar-refractivity contribution in [2.24, 2.45) is 0 Å². The van der Waals surface area contributed by atoms with Crippen LogP contribution in [0.3, 0.4) is 0 Å². The number of nitrogens with zero attached hydrogens (tertiary/aromatic N) is 4. The number of halogens is 1. The number of aryl methyl sites for hydroxylation is 2. The van der Waals surface area contributed by atoms with Crippen molar-refractivity contribution in [3.8, 4) is 0 Å². The van der Waals surface area contributed by atoms with E-state index >= 15 is 0 Å². The molecule has 2 atom stereocenters. The van der Waals surface area contributed by atoms with Crippen molar-refractivity contribution in [2.75, 3.05) is 18.5 Å². The first-order valence-corrected chi connectivity index (χ1v) is 8.93. The molecule has 0 aromatic carbocycles. The monoisotopic (exact) mass is 391 g/mol. The highest BCUT2D eigenvalue weighted by Gasteiger charge is 2.32. The van der Waals surface area contributed by atoms with Crippen LogP contribution < -0.4 is 10.9 Å². The third-order valence-corrected chi connectivity index (χ3v) is 4.94. The molecular formula is C16H18BrN5O2. The van der Waals surface area contributed by atoms with Gasteiger partial charge < -0.3 is 10.1 Å². The van der Waals surface area contributed by atoms with E-state index in [-0.39, 0.29) is 17.6 Å². The fourth-order valence-corrected chi connectivity index (χ4v) is 3.49. The Morgan fingerprint density at radius 2 is 2.00 bits per heavy atom. The molecule has 0 amide bonds. The normalized spacial score (nSPS) is 23.0. The lowest BCUT2D eigenvalue weighted by Crippen LogP contribution is -2.38. The second-order valence-electron chi connectivity index (χ2n) is 6.19. The molecule has 3 heterocycles. The lowest BCUT2D eigenvalue weighted by molar-refractivity contribution is 0.182. The van der Waals surface area contributed by atoms with Crippen LogP contribution in [-0.2, 0) is 17.6 Å². The molecule has 0 spiro atoms. The van der Waals surface area contributed by atoms with E-state index in [1.54, 1.807) is 23.1 Å². The van der Waals surface area contributed by atoms with E-state index in [0.29, 0.717) is 19.2 Å². The Bertz CT molecular complexity index is 792. The van der Waals surface area contributed by atoms with Gasteiger partial charge in [-0.25, -0.2) is 14.6 Å². The largest absolute Gasteiger partial charge is 0.377 e. The molecule has 1 aliphatic heterocycles. The van der Waals surface area contributed by atoms with Gasteiger partial charge in [-0.2, -0.15) is 5.10 Å². The first-order chi connectivity index (χ1) is 11.7. The third-order valence-electron chi connectivity index (χ3n) is 4.53. The summed E-state index contributed by atoms with van der Waals surface area (Å²) >= 11 is 3.32. The van der Waals surface area contributed by atoms with Crippen LogP contribution in [-0.4, -0.2) is 39.0 Å². The van der Waals surface area contributed by atoms with Crippen LogP contribution in [0, 0.1) is 0 Å². The Morgan fingerprint density at radius 3 is 2.83 bits per heavy atom. The van der Waals surface area contributed by atoms with Crippen molar-refractivity contribution in [3.05, 3.63) is 44.5 Å². The van der Waals surface area contributed by atoms with Gasteiger partial charge in [-0.15, -0.1) is 0 Å². The van der Waals surface area contributed by atoms with E-state index in [1.165, 1.54) is 0 Å². The maximum Gasteiger partial charge on any atom is 0.267 e. The summed E-state index contributed by atoms with van der Waals surface area (Å²) in [7, 11) is 0. The first-order valence-electron chi connectivity index (χ1n) is 8.14. The predicted molar refractivity (Wildman–Crippen MR) is 92.1 cm³/mol. The van der Waals surface area contributed by atoms with Gasteiger partial charge in [-0.05, 0) is 47.2 Å². The summed E-state index contributed by atoms with van der Waals surface area (Å²) < 4.78 is 7.99. The molecule has 126 valence electrons. The van der Waals surface area contributed by atoms with E-state index in [4.69, 9.17) is 4.74 Å². The van der Waals surface area contributed by atoms with E-state index < -0.39 is 0 Å². The molecule has 2 aromatic rings. The lowest BCUT2D eigenvalue weighted by Gasteiger charge is -2.22. The Kier molecular flexibility index (Phi) is 4.32. The SMILES string of the molecule is O=c1cc2c(nn1C1COCC1Nc1ncc(Br)cn1)CCCC2. The zero-order valence-electron chi connectivity index (χ0n) is 13.1. The second-order valence-corrected chi connectivity index (χ2v) is 7.10. The average Bonchev–Trinajstić information content (AvgIpc) is 3.04. The fraction of sp³-hybridized carbons (Fsp3) is 0.500. The van der Waals surface area contributed by atoms with Crippen molar-refractivity contribution in [2.45, 2.75) is 37.8 Å². The zero-order valence-corrected chi connectivity index (χ0v) is 14.7. The number of aromatic nitrogens is 4. The van der Waals surface area contributed by atoms with Crippen LogP contribution in [0.2, 0.25) is 0 Å². The number of nitrogens with one attached hydrogen (secondary N) is 1. The highest BCUT2D eigenvalue weighted by molar-refractivity contribution is 9.10. The van der Waals surface area contributed by atoms with Crippen LogP contribution in [0.1, 0.15) is 30.1 Å². The van der Waals surface area contributed by atoms with Gasteiger partial charge in [-0.1, -0.05) is 0 Å². The summed E-state index contributed by atoms with van der Waals surface area (Å²) in [5, 5.41) is 7.89. The molecule has 1 saturated heterocycles. The summed E-state index contributed by atoms with van der Waals surface area (Å²) in [6.45, 7) is 0.954. The highest BCUT2D eigenvalue weighted by Crippen LogP contribution is 2.23. The molecular weight excluding hydrogens is 374 g/mol. The fourth-order valence-electron chi connectivity index (χ4n) is 3.29. The average molecular weight is 392 g/mol. The minimum absolute atomic E-state index is 0.0605. The van der Waals surface area contributed by atoms with Gasteiger partial charge in [0.25, 0.3) is 5.56 Å². The molecule has 1 fully saturated rings. The van der Waals surface area contributed by atoms with Crippen molar-refractivity contribution in [1.29, 1.82) is 0 Å². The molecule has 1 N–H and O–H groups in total. The minimum atomic E-state index is -0.156. The first kappa shape index (κ1) is 15.7. The number of ether oxygens (including phenoxy) is 1. The Hall–Kier alpha value is -1.80. The van der Waals surface area contributed by atoms with E-state index in [0.717, 1.165) is 41.4 Å². The van der Waals surface area contributed by atoms with Gasteiger partial charge in [0.05, 0.1) is 29.4 Å². The van der Waals surface area contributed by atoms with Gasteiger partial charge in [0.1, 0.15) is 6.04 Å². The zero-order chi connectivity index (χ0) is 16.5. The number of anilines is 1. The topological polar surface area (TPSA) is 81.9 Å². The van der Waals surface area contributed by atoms with Crippen LogP contribution in [0.25, 0.3) is 0 Å². The molecule has 4 rings (SSSR count). The van der Waals surface area contributed by atoms with Crippen molar-refractivity contribution in [1.82, 2.24) is 19.7 Å². The van der Waals surface area contributed by atoms with Crippen molar-refractivity contribution >= 4 is 21.9 Å². The van der Waals surface area contributed by atoms with Crippen molar-refractivity contribution in [3.63, 3.8) is 0 Å². The molecule has 0 bridgehead atoms. The Labute approximate surface area is 147 Å². The second kappa shape index (κ2) is 6.60. The Balaban J connectivity index is 1.60. The van der Waals surface area contributed by atoms with Gasteiger partial charge in [0.15, 0.2) is 0 Å². The molecule has 2 aromatic heterocycles. The third kappa shape index (κ3) is 3.08. The van der Waals surface area contributed by atoms with Crippen LogP contribution in [0.4, 0.5) is 5.95 Å². The minimum Gasteiger partial charge on any atom is -0.377 e. The van der Waals surface area contributed by atoms with Crippen LogP contribution in [0.15, 0.2) is 27.7 Å². The maximum absolute atomic E-state index is 12.5. The van der Waals surface area contributed by atoms with Crippen LogP contribution >= 0.6 is 15.9 Å². The van der Waals surface area contributed by atoms with Gasteiger partial charge in [-0.3, -0.25) is 4.79 Å². The number of rotatable bonds is 3. The summed E-state index contributed by atoms with van der Waals surface area (Å²) in [6.07, 6.45) is 7.53. The summed E-state index contributed by atoms with van der Waals surface area (Å²) in [6, 6.07) is 1.50. The summed E-state index contributed by atoms with van der Waals surface area (Å²) in [4.78, 5) is 21.0. The molecule has 2 aliphatic rings. The summed E-state index contributed by atoms with van der Waals surface area (Å²) in [5.74, 6) is 0.518. The van der Waals surface area contributed by atoms with E-state index in [9.17, 15) is 4.79 Å². The standard InChI is InChI=1S/C16H18BrN5O2/c17-11-6-18-16(19-7-11)20-13-8-24-9-14(13)22-15(23)5-10-3-1-2-4-12(10)21-22/h5-7,13-14H,1-4,8-9H2,(H,18,19,20). The van der Waals surface area contributed by atoms with Crippen molar-refractivity contribution < 1.29 is 4.74 Å². The Morgan fingerprint density at radius 1 is 1.21 bits per heavy atom. The quantitative estimate of drug-likeness (QED) is 0.857. The molecule has 0 radical (unpaired) electrons. The number of hydrogen-bond acceptors (Lipinski definition) is 6. The summed E-state index contributed by atoms with van der Waals surface area (Å²) in [5.41, 5.74) is 2.09. The van der Waals surface area contributed by atoms with E-state index in [1.807, 2.05) is 0 Å². The van der Waals surface area contributed by atoms with E-state index in [2.05, 4.69) is 36.3 Å². The molecule has 1 aliphatic carbocycles. The molecule has 0 saturated carbocycles. The molecule has 7 nitrogen and oxygen atoms in total. The predicted octanol–water partition coefficient (Wildman–Crippen LogP) is 1.73. The van der Waals surface area contributed by atoms with Crippen LogP contribution in [0.5, 0.6) is 0 Å². The smallest absolute Gasteiger partial charge is 0.267 e. The number of hydrogen-bond donors (Lipinski definition) is 1. The van der Waals surface area contributed by atoms with Gasteiger partial charge in [0, 0.05) is 18.5 Å². The maximum atomic E-state index is 12.5. The number of fused-ring (bicyclic) bond motifs is 1. The molecule has 24 heavy (non-hydrogen) atoms. The van der Waals surface area contributed by atoms with Gasteiger partial charge in [0.2, 0.25) is 5.95 Å². The molecule has 2 unspecified atom stereocenters. The van der Waals surface area contributed by atoms with Gasteiger partial charge >= 0.3 is 0 Å². The molecule has 8 heteroatoms. The lowest BCUT2D eigenvalue weighted by atomic mass is 9.97. The highest BCUT2D eigenvalue weighted by atomic mass is 79.9.